The summed E-state index contributed by atoms with van der Waals surface area (Å²) in [5, 5.41) is 20.4. The molecule has 0 atom stereocenters. The number of carbonyl (C=O) groups excluding carboxylic acids is 2. The van der Waals surface area contributed by atoms with Crippen LogP contribution >= 0.6 is 0 Å². The molecule has 0 aromatic carbocycles. The van der Waals surface area contributed by atoms with Gasteiger partial charge in [-0.25, -0.2) is 0 Å². The molecule has 5 heteroatoms. The van der Waals surface area contributed by atoms with Gasteiger partial charge in [-0.3, -0.25) is 0 Å². The molecule has 256 valence electrons. The van der Waals surface area contributed by atoms with Gasteiger partial charge in [-0.05, 0) is 25.7 Å². The Balaban J connectivity index is -0.000000681. The zero-order chi connectivity index (χ0) is 32.5. The molecule has 0 fully saturated rings. The summed E-state index contributed by atoms with van der Waals surface area (Å²) in [5.74, 6) is -1.81. The fourth-order valence-electron chi connectivity index (χ4n) is 5.28. The number of hydrogen-bond donors (Lipinski definition) is 0. The predicted octanol–water partition coefficient (Wildman–Crippen LogP) is 10.8. The van der Waals surface area contributed by atoms with Gasteiger partial charge in [-0.2, -0.15) is 0 Å². The van der Waals surface area contributed by atoms with Crippen molar-refractivity contribution < 1.29 is 19.8 Å². The van der Waals surface area contributed by atoms with Crippen LogP contribution in [0.4, 0.5) is 0 Å². The molecule has 0 heterocycles. The van der Waals surface area contributed by atoms with Crippen molar-refractivity contribution in [2.24, 2.45) is 0 Å². The first-order chi connectivity index (χ1) is 21.0. The quantitative estimate of drug-likeness (QED) is 0.0513. The van der Waals surface area contributed by atoms with Crippen LogP contribution in [0, 0.1) is 0 Å². The van der Waals surface area contributed by atoms with E-state index in [4.69, 9.17) is 0 Å². The Morgan fingerprint density at radius 1 is 0.349 bits per heavy atom. The Kier molecular flexibility index (Phi) is 50.6. The number of carbonyl (C=O) groups is 2. The second-order valence-corrected chi connectivity index (χ2v) is 15.5. The van der Waals surface area contributed by atoms with Crippen LogP contribution in [0.5, 0.6) is 0 Å². The number of unbranched alkanes of at least 4 members (excludes halogenated alkanes) is 28. The molecule has 0 saturated heterocycles. The van der Waals surface area contributed by atoms with E-state index in [1.165, 1.54) is 167 Å². The average Bonchev–Trinajstić information content (AvgIpc) is 2.97. The van der Waals surface area contributed by atoms with Crippen molar-refractivity contribution in [1.29, 1.82) is 0 Å². The summed E-state index contributed by atoms with van der Waals surface area (Å²) >= 11 is 0.230. The summed E-state index contributed by atoms with van der Waals surface area (Å²) in [4.78, 5) is 25.0. The molecule has 0 unspecified atom stereocenters. The van der Waals surface area contributed by atoms with E-state index in [2.05, 4.69) is 23.7 Å². The van der Waals surface area contributed by atoms with Crippen molar-refractivity contribution in [1.82, 2.24) is 0 Å². The average molecular weight is 716 g/mol. The molecule has 0 radical (unpaired) electrons. The monoisotopic (exact) mass is 716 g/mol. The molecular weight excluding hydrogens is 639 g/mol. The fraction of sp³-hybridized carbons (Fsp3) is 0.947. The standard InChI is InChI=1S/2C18H36O2.2CH3.Sn/c2*1-2-3-4-5-6-7-8-9-10-11-12-13-14-15-16-17-18(19)20;;;/h2*2-17H2,1H3,(H,19,20);2*1H3;/q;;;;+2/p-2. The van der Waals surface area contributed by atoms with Gasteiger partial charge < -0.3 is 19.8 Å². The molecule has 0 aromatic heterocycles. The van der Waals surface area contributed by atoms with Crippen molar-refractivity contribution >= 4 is 33.1 Å². The SMILES string of the molecule is CCCCCCCCCCCCCCCCCC(=O)[O-].CCCCCCCCCCCCCCCCCC(=O)[O-].[CH3][Sn+2][CH3]. The van der Waals surface area contributed by atoms with Crippen LogP contribution in [0.15, 0.2) is 0 Å². The molecule has 0 aliphatic carbocycles. The van der Waals surface area contributed by atoms with Crippen LogP contribution in [-0.2, 0) is 9.59 Å². The number of aliphatic carboxylic acids is 2. The first-order valence-corrected chi connectivity index (χ1v) is 24.6. The Morgan fingerprint density at radius 3 is 0.628 bits per heavy atom. The molecule has 0 saturated carbocycles. The van der Waals surface area contributed by atoms with Crippen molar-refractivity contribution in [2.75, 3.05) is 0 Å². The Morgan fingerprint density at radius 2 is 0.488 bits per heavy atom. The van der Waals surface area contributed by atoms with Crippen molar-refractivity contribution in [3.8, 4) is 0 Å². The number of carboxylic acids is 2. The van der Waals surface area contributed by atoms with E-state index >= 15 is 0 Å². The van der Waals surface area contributed by atoms with Gasteiger partial charge >= 0.3 is 31.0 Å². The van der Waals surface area contributed by atoms with Crippen LogP contribution in [-0.4, -0.2) is 33.1 Å². The van der Waals surface area contributed by atoms with Crippen LogP contribution in [0.3, 0.4) is 0 Å². The Hall–Kier alpha value is -0.261. The zero-order valence-electron chi connectivity index (χ0n) is 29.8. The minimum absolute atomic E-state index is 0.230. The van der Waals surface area contributed by atoms with Crippen LogP contribution < -0.4 is 10.2 Å². The van der Waals surface area contributed by atoms with E-state index < -0.39 is 11.9 Å². The number of rotatable bonds is 32. The molecule has 0 aliphatic rings. The number of carboxylic acid groups (broad SMARTS) is 2. The molecule has 0 rings (SSSR count). The van der Waals surface area contributed by atoms with Gasteiger partial charge in [0.05, 0.1) is 0 Å². The second-order valence-electron chi connectivity index (χ2n) is 12.6. The van der Waals surface area contributed by atoms with Gasteiger partial charge in [-0.15, -0.1) is 0 Å². The van der Waals surface area contributed by atoms with E-state index in [1.54, 1.807) is 0 Å². The van der Waals surface area contributed by atoms with E-state index in [-0.39, 0.29) is 34.0 Å². The fourth-order valence-corrected chi connectivity index (χ4v) is 5.28. The third kappa shape index (κ3) is 57.9. The molecule has 0 bridgehead atoms. The topological polar surface area (TPSA) is 80.3 Å². The number of hydrogen-bond acceptors (Lipinski definition) is 4. The van der Waals surface area contributed by atoms with Crippen LogP contribution in [0.25, 0.3) is 0 Å². The first-order valence-electron chi connectivity index (χ1n) is 18.9. The van der Waals surface area contributed by atoms with Crippen molar-refractivity contribution in [2.45, 2.75) is 229 Å². The maximum absolute atomic E-state index is 10.2. The summed E-state index contributed by atoms with van der Waals surface area (Å²) in [7, 11) is 0. The van der Waals surface area contributed by atoms with Gasteiger partial charge in [-0.1, -0.05) is 194 Å². The normalized spacial score (nSPS) is 10.3. The zero-order valence-corrected chi connectivity index (χ0v) is 32.6. The van der Waals surface area contributed by atoms with Gasteiger partial charge in [0.2, 0.25) is 0 Å². The predicted molar refractivity (Wildman–Crippen MR) is 187 cm³/mol. The van der Waals surface area contributed by atoms with Crippen molar-refractivity contribution in [3.63, 3.8) is 0 Å². The Labute approximate surface area is 281 Å². The van der Waals surface area contributed by atoms with Crippen LogP contribution in [0.2, 0.25) is 9.88 Å². The second kappa shape index (κ2) is 46.2. The van der Waals surface area contributed by atoms with Gasteiger partial charge in [0.15, 0.2) is 0 Å². The third-order valence-electron chi connectivity index (χ3n) is 7.97. The maximum atomic E-state index is 10.2. The van der Waals surface area contributed by atoms with E-state index in [9.17, 15) is 19.8 Å². The minimum atomic E-state index is -0.903. The summed E-state index contributed by atoms with van der Waals surface area (Å²) in [6, 6.07) is 0. The first kappa shape index (κ1) is 47.1. The molecule has 0 aromatic rings. The molecular formula is C38H76O4Sn. The molecule has 0 spiro atoms. The molecule has 0 N–H and O–H groups in total. The van der Waals surface area contributed by atoms with Gasteiger partial charge in [0, 0.05) is 11.9 Å². The summed E-state index contributed by atoms with van der Waals surface area (Å²) < 4.78 is 0. The molecule has 43 heavy (non-hydrogen) atoms. The van der Waals surface area contributed by atoms with Gasteiger partial charge in [0.1, 0.15) is 0 Å². The van der Waals surface area contributed by atoms with E-state index in [1.807, 2.05) is 0 Å². The molecule has 4 nitrogen and oxygen atoms in total. The van der Waals surface area contributed by atoms with Crippen molar-refractivity contribution in [3.05, 3.63) is 0 Å². The summed E-state index contributed by atoms with van der Waals surface area (Å²) in [6.45, 7) is 4.53. The Bertz CT molecular complexity index is 468. The van der Waals surface area contributed by atoms with E-state index in [0.29, 0.717) is 0 Å². The molecule has 0 amide bonds. The molecule has 0 aliphatic heterocycles. The summed E-state index contributed by atoms with van der Waals surface area (Å²) in [6.07, 6.45) is 39.7. The van der Waals surface area contributed by atoms with E-state index in [0.717, 1.165) is 25.7 Å². The third-order valence-corrected chi connectivity index (χ3v) is 7.97. The van der Waals surface area contributed by atoms with Crippen LogP contribution in [0.1, 0.15) is 219 Å². The van der Waals surface area contributed by atoms with Gasteiger partial charge in [0.25, 0.3) is 0 Å². The summed E-state index contributed by atoms with van der Waals surface area (Å²) in [5.41, 5.74) is 0.